The van der Waals surface area contributed by atoms with Crippen molar-refractivity contribution in [1.82, 2.24) is 20.2 Å². The van der Waals surface area contributed by atoms with Gasteiger partial charge in [0.15, 0.2) is 5.82 Å². The standard InChI is InChI=1S/C13H17N5O/c1-9-4-2-6-11(14)12(9)13-15-16-17-18(13)8-10-5-3-7-19-10/h2,4,6,10H,3,5,7-8,14H2,1H3. The van der Waals surface area contributed by atoms with E-state index >= 15 is 0 Å². The van der Waals surface area contributed by atoms with Gasteiger partial charge in [0.2, 0.25) is 0 Å². The fraction of sp³-hybridized carbons (Fsp3) is 0.462. The van der Waals surface area contributed by atoms with Crippen LogP contribution in [0.2, 0.25) is 0 Å². The Bertz CT molecular complexity index is 554. The van der Waals surface area contributed by atoms with Crippen molar-refractivity contribution in [3.8, 4) is 11.4 Å². The molecule has 2 aromatic rings. The molecule has 100 valence electrons. The molecule has 3 rings (SSSR count). The summed E-state index contributed by atoms with van der Waals surface area (Å²) in [7, 11) is 0. The molecule has 0 bridgehead atoms. The molecule has 1 aliphatic heterocycles. The first-order valence-corrected chi connectivity index (χ1v) is 6.49. The first-order valence-electron chi connectivity index (χ1n) is 6.49. The highest BCUT2D eigenvalue weighted by molar-refractivity contribution is 5.74. The quantitative estimate of drug-likeness (QED) is 0.843. The van der Waals surface area contributed by atoms with Gasteiger partial charge < -0.3 is 10.5 Å². The molecule has 1 unspecified atom stereocenters. The Balaban J connectivity index is 1.95. The first kappa shape index (κ1) is 12.1. The van der Waals surface area contributed by atoms with Crippen LogP contribution in [-0.4, -0.2) is 32.9 Å². The van der Waals surface area contributed by atoms with E-state index in [0.29, 0.717) is 18.1 Å². The Morgan fingerprint density at radius 1 is 1.47 bits per heavy atom. The molecule has 6 nitrogen and oxygen atoms in total. The minimum absolute atomic E-state index is 0.201. The summed E-state index contributed by atoms with van der Waals surface area (Å²) in [6.07, 6.45) is 2.37. The van der Waals surface area contributed by atoms with Gasteiger partial charge in [-0.25, -0.2) is 4.68 Å². The smallest absolute Gasteiger partial charge is 0.184 e. The predicted molar refractivity (Wildman–Crippen MR) is 71.4 cm³/mol. The summed E-state index contributed by atoms with van der Waals surface area (Å²) >= 11 is 0. The topological polar surface area (TPSA) is 78.9 Å². The maximum absolute atomic E-state index is 6.05. The van der Waals surface area contributed by atoms with Crippen molar-refractivity contribution in [2.45, 2.75) is 32.4 Å². The summed E-state index contributed by atoms with van der Waals surface area (Å²) in [6.45, 7) is 3.52. The highest BCUT2D eigenvalue weighted by Gasteiger charge is 2.20. The average molecular weight is 259 g/mol. The molecule has 2 heterocycles. The second kappa shape index (κ2) is 4.97. The summed E-state index contributed by atoms with van der Waals surface area (Å²) in [4.78, 5) is 0. The maximum atomic E-state index is 6.05. The highest BCUT2D eigenvalue weighted by Crippen LogP contribution is 2.27. The molecule has 0 aliphatic carbocycles. The zero-order valence-electron chi connectivity index (χ0n) is 10.9. The monoisotopic (exact) mass is 259 g/mol. The van der Waals surface area contributed by atoms with E-state index in [4.69, 9.17) is 10.5 Å². The van der Waals surface area contributed by atoms with Gasteiger partial charge in [-0.1, -0.05) is 12.1 Å². The van der Waals surface area contributed by atoms with Crippen LogP contribution in [0.1, 0.15) is 18.4 Å². The molecular formula is C13H17N5O. The van der Waals surface area contributed by atoms with Crippen LogP contribution >= 0.6 is 0 Å². The van der Waals surface area contributed by atoms with E-state index in [-0.39, 0.29) is 6.10 Å². The van der Waals surface area contributed by atoms with Crippen LogP contribution in [0.4, 0.5) is 5.69 Å². The molecule has 0 saturated carbocycles. The van der Waals surface area contributed by atoms with Crippen molar-refractivity contribution >= 4 is 5.69 Å². The number of tetrazole rings is 1. The van der Waals surface area contributed by atoms with E-state index in [0.717, 1.165) is 30.6 Å². The van der Waals surface area contributed by atoms with E-state index in [9.17, 15) is 0 Å². The number of ether oxygens (including phenoxy) is 1. The van der Waals surface area contributed by atoms with Gasteiger partial charge in [0, 0.05) is 17.9 Å². The number of hydrogen-bond acceptors (Lipinski definition) is 5. The minimum Gasteiger partial charge on any atom is -0.398 e. The molecule has 2 N–H and O–H groups in total. The number of anilines is 1. The number of nitrogens with zero attached hydrogens (tertiary/aromatic N) is 4. The lowest BCUT2D eigenvalue weighted by atomic mass is 10.1. The number of benzene rings is 1. The Morgan fingerprint density at radius 2 is 2.37 bits per heavy atom. The third-order valence-electron chi connectivity index (χ3n) is 3.46. The number of hydrogen-bond donors (Lipinski definition) is 1. The summed E-state index contributed by atoms with van der Waals surface area (Å²) in [5.74, 6) is 0.714. The van der Waals surface area contributed by atoms with Crippen LogP contribution in [0.15, 0.2) is 18.2 Å². The van der Waals surface area contributed by atoms with Crippen molar-refractivity contribution in [2.75, 3.05) is 12.3 Å². The third-order valence-corrected chi connectivity index (χ3v) is 3.46. The molecule has 0 spiro atoms. The van der Waals surface area contributed by atoms with Gasteiger partial charge in [0.25, 0.3) is 0 Å². The molecule has 1 aromatic carbocycles. The van der Waals surface area contributed by atoms with Crippen LogP contribution in [0.5, 0.6) is 0 Å². The minimum atomic E-state index is 0.201. The van der Waals surface area contributed by atoms with Crippen molar-refractivity contribution in [3.63, 3.8) is 0 Å². The average Bonchev–Trinajstić information content (AvgIpc) is 3.02. The van der Waals surface area contributed by atoms with Gasteiger partial charge in [-0.3, -0.25) is 0 Å². The molecule has 19 heavy (non-hydrogen) atoms. The molecule has 0 radical (unpaired) electrons. The Morgan fingerprint density at radius 3 is 3.11 bits per heavy atom. The number of nitrogens with two attached hydrogens (primary N) is 1. The fourth-order valence-electron chi connectivity index (χ4n) is 2.48. The molecule has 0 amide bonds. The van der Waals surface area contributed by atoms with E-state index in [1.807, 2.05) is 25.1 Å². The van der Waals surface area contributed by atoms with Crippen LogP contribution in [0, 0.1) is 6.92 Å². The molecule has 1 fully saturated rings. The van der Waals surface area contributed by atoms with Gasteiger partial charge in [-0.05, 0) is 41.8 Å². The summed E-state index contributed by atoms with van der Waals surface area (Å²) in [5, 5.41) is 11.9. The van der Waals surface area contributed by atoms with E-state index in [2.05, 4.69) is 15.5 Å². The van der Waals surface area contributed by atoms with Crippen LogP contribution in [0.25, 0.3) is 11.4 Å². The molecule has 1 atom stereocenters. The lowest BCUT2D eigenvalue weighted by Crippen LogP contribution is -2.17. The molecule has 1 aromatic heterocycles. The van der Waals surface area contributed by atoms with E-state index in [1.165, 1.54) is 0 Å². The second-order valence-electron chi connectivity index (χ2n) is 4.86. The lowest BCUT2D eigenvalue weighted by Gasteiger charge is -2.12. The van der Waals surface area contributed by atoms with Crippen LogP contribution in [-0.2, 0) is 11.3 Å². The summed E-state index contributed by atoms with van der Waals surface area (Å²) in [5.41, 5.74) is 8.73. The van der Waals surface area contributed by atoms with Crippen molar-refractivity contribution < 1.29 is 4.74 Å². The predicted octanol–water partition coefficient (Wildman–Crippen LogP) is 1.41. The summed E-state index contributed by atoms with van der Waals surface area (Å²) < 4.78 is 7.42. The van der Waals surface area contributed by atoms with Crippen molar-refractivity contribution in [2.24, 2.45) is 0 Å². The van der Waals surface area contributed by atoms with Crippen molar-refractivity contribution in [3.05, 3.63) is 23.8 Å². The highest BCUT2D eigenvalue weighted by atomic mass is 16.5. The van der Waals surface area contributed by atoms with Gasteiger partial charge in [0.05, 0.1) is 12.6 Å². The number of aromatic nitrogens is 4. The SMILES string of the molecule is Cc1cccc(N)c1-c1nnnn1CC1CCCO1. The van der Waals surface area contributed by atoms with Gasteiger partial charge in [0.1, 0.15) is 0 Å². The first-order chi connectivity index (χ1) is 9.25. The van der Waals surface area contributed by atoms with E-state index in [1.54, 1.807) is 4.68 Å². The Kier molecular flexibility index (Phi) is 3.16. The number of rotatable bonds is 3. The fourth-order valence-corrected chi connectivity index (χ4v) is 2.48. The molecule has 1 saturated heterocycles. The molecule has 6 heteroatoms. The Labute approximate surface area is 111 Å². The van der Waals surface area contributed by atoms with Gasteiger partial charge >= 0.3 is 0 Å². The van der Waals surface area contributed by atoms with Crippen LogP contribution in [0.3, 0.4) is 0 Å². The Hall–Kier alpha value is -1.95. The lowest BCUT2D eigenvalue weighted by molar-refractivity contribution is 0.0939. The van der Waals surface area contributed by atoms with Gasteiger partial charge in [-0.2, -0.15) is 0 Å². The zero-order chi connectivity index (χ0) is 13.2. The number of aryl methyl sites for hydroxylation is 1. The number of nitrogen functional groups attached to an aromatic ring is 1. The van der Waals surface area contributed by atoms with E-state index < -0.39 is 0 Å². The second-order valence-corrected chi connectivity index (χ2v) is 4.86. The third kappa shape index (κ3) is 2.31. The summed E-state index contributed by atoms with van der Waals surface area (Å²) in [6, 6.07) is 5.81. The van der Waals surface area contributed by atoms with Crippen molar-refractivity contribution in [1.29, 1.82) is 0 Å². The van der Waals surface area contributed by atoms with Crippen LogP contribution < -0.4 is 5.73 Å². The normalized spacial score (nSPS) is 18.9. The molecular weight excluding hydrogens is 242 g/mol. The largest absolute Gasteiger partial charge is 0.398 e. The molecule has 1 aliphatic rings. The zero-order valence-corrected chi connectivity index (χ0v) is 10.9. The van der Waals surface area contributed by atoms with Gasteiger partial charge in [-0.15, -0.1) is 5.10 Å². The maximum Gasteiger partial charge on any atom is 0.184 e.